The van der Waals surface area contributed by atoms with E-state index in [1.165, 1.54) is 6.07 Å². The van der Waals surface area contributed by atoms with Crippen LogP contribution in [0.5, 0.6) is 0 Å². The van der Waals surface area contributed by atoms with E-state index in [0.717, 1.165) is 6.07 Å². The maximum Gasteiger partial charge on any atom is 0.330 e. The third-order valence-corrected chi connectivity index (χ3v) is 6.32. The standard InChI is InChI=1S/C17H20ClF2N4O3P/c1-3-26-28(25,27-4-2)7-5-6-21-16-15-14(23-17(18)24-16)13-11(20)8-10(19)9-12(13)22-15/h8-9,22H,3-7H2,1-2H3,(H,21,23,24). The zero-order valence-corrected chi connectivity index (χ0v) is 17.0. The van der Waals surface area contributed by atoms with Gasteiger partial charge in [0, 0.05) is 12.6 Å². The molecule has 2 N–H and O–H groups in total. The van der Waals surface area contributed by atoms with E-state index in [9.17, 15) is 13.3 Å². The number of hydrogen-bond donors (Lipinski definition) is 2. The molecule has 11 heteroatoms. The number of nitrogens with zero attached hydrogens (tertiary/aromatic N) is 2. The third-order valence-electron chi connectivity index (χ3n) is 3.99. The Balaban J connectivity index is 1.82. The van der Waals surface area contributed by atoms with Crippen molar-refractivity contribution in [1.29, 1.82) is 0 Å². The summed E-state index contributed by atoms with van der Waals surface area (Å²) in [7, 11) is -3.13. The zero-order chi connectivity index (χ0) is 20.3. The van der Waals surface area contributed by atoms with E-state index in [1.54, 1.807) is 13.8 Å². The Morgan fingerprint density at radius 3 is 2.61 bits per heavy atom. The molecule has 3 rings (SSSR count). The fourth-order valence-corrected chi connectivity index (χ4v) is 4.78. The van der Waals surface area contributed by atoms with Crippen molar-refractivity contribution in [2.45, 2.75) is 20.3 Å². The van der Waals surface area contributed by atoms with E-state index in [-0.39, 0.29) is 27.9 Å². The van der Waals surface area contributed by atoms with Gasteiger partial charge in [-0.15, -0.1) is 0 Å². The van der Waals surface area contributed by atoms with Crippen LogP contribution in [0.3, 0.4) is 0 Å². The minimum Gasteiger partial charge on any atom is -0.368 e. The molecule has 0 atom stereocenters. The van der Waals surface area contributed by atoms with E-state index in [4.69, 9.17) is 20.6 Å². The van der Waals surface area contributed by atoms with Gasteiger partial charge in [0.2, 0.25) is 5.28 Å². The molecule has 0 bridgehead atoms. The second-order valence-corrected chi connectivity index (χ2v) is 8.47. The molecule has 0 aliphatic rings. The minimum atomic E-state index is -3.13. The summed E-state index contributed by atoms with van der Waals surface area (Å²) in [6, 6.07) is 1.97. The second-order valence-electron chi connectivity index (χ2n) is 5.95. The Kier molecular flexibility index (Phi) is 6.50. The van der Waals surface area contributed by atoms with Gasteiger partial charge in [-0.25, -0.2) is 13.8 Å². The van der Waals surface area contributed by atoms with E-state index < -0.39 is 19.2 Å². The first-order chi connectivity index (χ1) is 13.4. The van der Waals surface area contributed by atoms with Crippen LogP contribution in [0.4, 0.5) is 14.6 Å². The molecule has 0 saturated heterocycles. The van der Waals surface area contributed by atoms with E-state index in [0.29, 0.717) is 37.5 Å². The van der Waals surface area contributed by atoms with E-state index >= 15 is 0 Å². The van der Waals surface area contributed by atoms with Crippen molar-refractivity contribution in [3.8, 4) is 0 Å². The average Bonchev–Trinajstić information content (AvgIpc) is 2.97. The molecule has 0 saturated carbocycles. The zero-order valence-electron chi connectivity index (χ0n) is 15.4. The van der Waals surface area contributed by atoms with Crippen LogP contribution in [-0.4, -0.2) is 40.9 Å². The lowest BCUT2D eigenvalue weighted by atomic mass is 10.2. The number of hydrogen-bond acceptors (Lipinski definition) is 6. The maximum atomic E-state index is 14.2. The molecule has 0 amide bonds. The maximum absolute atomic E-state index is 14.2. The fourth-order valence-electron chi connectivity index (χ4n) is 2.95. The van der Waals surface area contributed by atoms with Crippen LogP contribution < -0.4 is 5.32 Å². The molecule has 7 nitrogen and oxygen atoms in total. The van der Waals surface area contributed by atoms with Crippen LogP contribution in [-0.2, 0) is 13.6 Å². The minimum absolute atomic E-state index is 0.0751. The largest absolute Gasteiger partial charge is 0.368 e. The molecule has 1 aromatic carbocycles. The Morgan fingerprint density at radius 1 is 1.21 bits per heavy atom. The first-order valence-corrected chi connectivity index (χ1v) is 10.9. The molecule has 0 spiro atoms. The first-order valence-electron chi connectivity index (χ1n) is 8.83. The highest BCUT2D eigenvalue weighted by Gasteiger charge is 2.23. The number of halogens is 3. The quantitative estimate of drug-likeness (QED) is 0.277. The van der Waals surface area contributed by atoms with Crippen molar-refractivity contribution < 1.29 is 22.4 Å². The van der Waals surface area contributed by atoms with Gasteiger partial charge < -0.3 is 19.3 Å². The molecule has 0 fully saturated rings. The summed E-state index contributed by atoms with van der Waals surface area (Å²) in [5, 5.41) is 3.13. The number of anilines is 1. The van der Waals surface area contributed by atoms with E-state index in [2.05, 4.69) is 20.3 Å². The van der Waals surface area contributed by atoms with Crippen LogP contribution in [0.25, 0.3) is 21.9 Å². The molecule has 0 aliphatic carbocycles. The second kappa shape index (κ2) is 8.69. The number of H-pyrrole nitrogens is 1. The van der Waals surface area contributed by atoms with Crippen LogP contribution in [0.2, 0.25) is 5.28 Å². The van der Waals surface area contributed by atoms with E-state index in [1.807, 2.05) is 0 Å². The lowest BCUT2D eigenvalue weighted by Crippen LogP contribution is -2.08. The molecular weight excluding hydrogens is 413 g/mol. The van der Waals surface area contributed by atoms with Gasteiger partial charge in [0.15, 0.2) is 5.82 Å². The number of rotatable bonds is 9. The number of benzene rings is 1. The lowest BCUT2D eigenvalue weighted by molar-refractivity contribution is 0.220. The summed E-state index contributed by atoms with van der Waals surface area (Å²) in [4.78, 5) is 11.1. The SMILES string of the molecule is CCOP(=O)(CCCNc1nc(Cl)nc2c1[nH]c1cc(F)cc(F)c12)OCC. The van der Waals surface area contributed by atoms with Crippen LogP contribution >= 0.6 is 19.2 Å². The average molecular weight is 433 g/mol. The number of aromatic amines is 1. The van der Waals surface area contributed by atoms with Crippen LogP contribution in [0.1, 0.15) is 20.3 Å². The van der Waals surface area contributed by atoms with Gasteiger partial charge in [-0.2, -0.15) is 4.98 Å². The van der Waals surface area contributed by atoms with Crippen molar-refractivity contribution in [2.24, 2.45) is 0 Å². The first kappa shape index (κ1) is 20.9. The van der Waals surface area contributed by atoms with Crippen LogP contribution in [0, 0.1) is 11.6 Å². The summed E-state index contributed by atoms with van der Waals surface area (Å²) in [6.07, 6.45) is 0.708. The molecule has 0 unspecified atom stereocenters. The van der Waals surface area contributed by atoms with Gasteiger partial charge in [0.1, 0.15) is 22.7 Å². The summed E-state index contributed by atoms with van der Waals surface area (Å²) in [5.74, 6) is -1.10. The highest BCUT2D eigenvalue weighted by Crippen LogP contribution is 2.48. The summed E-state index contributed by atoms with van der Waals surface area (Å²) < 4.78 is 50.7. The van der Waals surface area contributed by atoms with Gasteiger partial charge >= 0.3 is 7.60 Å². The Bertz CT molecular complexity index is 1040. The van der Waals surface area contributed by atoms with Gasteiger partial charge in [0.25, 0.3) is 0 Å². The van der Waals surface area contributed by atoms with Crippen molar-refractivity contribution in [3.63, 3.8) is 0 Å². The smallest absolute Gasteiger partial charge is 0.330 e. The molecule has 0 aliphatic heterocycles. The van der Waals surface area contributed by atoms with Gasteiger partial charge in [-0.05, 0) is 37.9 Å². The molecular formula is C17H20ClF2N4O3P. The molecule has 0 radical (unpaired) electrons. The summed E-state index contributed by atoms with van der Waals surface area (Å²) >= 11 is 5.98. The van der Waals surface area contributed by atoms with Gasteiger partial charge in [-0.1, -0.05) is 0 Å². The topological polar surface area (TPSA) is 89.1 Å². The number of nitrogens with one attached hydrogen (secondary N) is 2. The predicted octanol–water partition coefficient (Wildman–Crippen LogP) is 5.11. The highest BCUT2D eigenvalue weighted by molar-refractivity contribution is 7.53. The molecule has 3 aromatic rings. The van der Waals surface area contributed by atoms with Crippen molar-refractivity contribution >= 4 is 47.0 Å². The third kappa shape index (κ3) is 4.43. The van der Waals surface area contributed by atoms with Crippen molar-refractivity contribution in [2.75, 3.05) is 31.2 Å². The lowest BCUT2D eigenvalue weighted by Gasteiger charge is -2.17. The molecule has 28 heavy (non-hydrogen) atoms. The van der Waals surface area contributed by atoms with Gasteiger partial charge in [-0.3, -0.25) is 4.57 Å². The Labute approximate surface area is 165 Å². The van der Waals surface area contributed by atoms with Crippen molar-refractivity contribution in [1.82, 2.24) is 15.0 Å². The molecule has 2 aromatic heterocycles. The number of aromatic nitrogens is 3. The summed E-state index contributed by atoms with van der Waals surface area (Å²) in [6.45, 7) is 4.48. The highest BCUT2D eigenvalue weighted by atomic mass is 35.5. The fraction of sp³-hybridized carbons (Fsp3) is 0.412. The summed E-state index contributed by atoms with van der Waals surface area (Å²) in [5.41, 5.74) is 0.912. The van der Waals surface area contributed by atoms with Crippen molar-refractivity contribution in [3.05, 3.63) is 29.1 Å². The monoisotopic (exact) mass is 432 g/mol. The molecule has 2 heterocycles. The Morgan fingerprint density at radius 2 is 1.93 bits per heavy atom. The van der Waals surface area contributed by atoms with Crippen LogP contribution in [0.15, 0.2) is 12.1 Å². The predicted molar refractivity (Wildman–Crippen MR) is 105 cm³/mol. The molecule has 152 valence electrons. The number of fused-ring (bicyclic) bond motifs is 3. The normalized spacial score (nSPS) is 12.2. The van der Waals surface area contributed by atoms with Gasteiger partial charge in [0.05, 0.1) is 30.3 Å². The Hall–Kier alpha value is -1.80.